The van der Waals surface area contributed by atoms with Gasteiger partial charge in [-0.2, -0.15) is 0 Å². The smallest absolute Gasteiger partial charge is 0.191 e. The molecule has 2 N–H and O–H groups in total. The molecule has 0 bridgehead atoms. The number of Topliss-reactive ketones (excluding diaryl/α,β-unsaturated/α-hetero) is 1. The van der Waals surface area contributed by atoms with Crippen molar-refractivity contribution < 1.29 is 9.53 Å². The first-order chi connectivity index (χ1) is 9.29. The monoisotopic (exact) mass is 259 g/mol. The molecule has 0 radical (unpaired) electrons. The number of ether oxygens (including phenoxy) is 1. The second-order valence-corrected chi connectivity index (χ2v) is 5.64. The average molecular weight is 259 g/mol. The van der Waals surface area contributed by atoms with Crippen LogP contribution in [-0.2, 0) is 4.74 Å². The normalized spacial score (nSPS) is 27.2. The quantitative estimate of drug-likeness (QED) is 0.846. The minimum atomic E-state index is -0.283. The lowest BCUT2D eigenvalue weighted by atomic mass is 9.77. The Morgan fingerprint density at radius 3 is 2.63 bits per heavy atom. The molecule has 2 unspecified atom stereocenters. The van der Waals surface area contributed by atoms with E-state index in [4.69, 9.17) is 10.5 Å². The summed E-state index contributed by atoms with van der Waals surface area (Å²) in [5.41, 5.74) is 7.70. The molecule has 1 heterocycles. The van der Waals surface area contributed by atoms with Crippen molar-refractivity contribution in [3.05, 3.63) is 35.4 Å². The molecule has 1 aliphatic carbocycles. The van der Waals surface area contributed by atoms with Gasteiger partial charge in [-0.15, -0.1) is 0 Å². The topological polar surface area (TPSA) is 52.3 Å². The van der Waals surface area contributed by atoms with Crippen LogP contribution in [0.5, 0.6) is 0 Å². The molecule has 2 fully saturated rings. The molecule has 19 heavy (non-hydrogen) atoms. The zero-order valence-corrected chi connectivity index (χ0v) is 11.2. The molecule has 1 aromatic carbocycles. The molecular formula is C16H21NO2. The van der Waals surface area contributed by atoms with Crippen LogP contribution < -0.4 is 5.73 Å². The summed E-state index contributed by atoms with van der Waals surface area (Å²) in [6.07, 6.45) is 5.18. The van der Waals surface area contributed by atoms with E-state index >= 15 is 0 Å². The van der Waals surface area contributed by atoms with Gasteiger partial charge in [0.25, 0.3) is 0 Å². The van der Waals surface area contributed by atoms with Gasteiger partial charge in [0.2, 0.25) is 0 Å². The van der Waals surface area contributed by atoms with Crippen molar-refractivity contribution >= 4 is 5.78 Å². The lowest BCUT2D eigenvalue weighted by molar-refractivity contribution is 0.0402. The van der Waals surface area contributed by atoms with E-state index < -0.39 is 0 Å². The van der Waals surface area contributed by atoms with Gasteiger partial charge in [0, 0.05) is 12.1 Å². The molecule has 0 amide bonds. The molecule has 2 atom stereocenters. The number of hydrogen-bond acceptors (Lipinski definition) is 3. The minimum Gasteiger partial charge on any atom is -0.366 e. The van der Waals surface area contributed by atoms with E-state index in [1.165, 1.54) is 24.8 Å². The van der Waals surface area contributed by atoms with E-state index in [2.05, 4.69) is 6.07 Å². The van der Waals surface area contributed by atoms with E-state index in [0.717, 1.165) is 18.4 Å². The maximum atomic E-state index is 12.6. The maximum absolute atomic E-state index is 12.6. The van der Waals surface area contributed by atoms with Crippen LogP contribution in [0.1, 0.15) is 53.9 Å². The Balaban J connectivity index is 1.80. The summed E-state index contributed by atoms with van der Waals surface area (Å²) in [5, 5.41) is 0. The second-order valence-electron chi connectivity index (χ2n) is 5.64. The third kappa shape index (κ3) is 2.45. The number of carbonyl (C=O) groups excluding carboxylic acids is 1. The van der Waals surface area contributed by atoms with Crippen LogP contribution in [0.2, 0.25) is 0 Å². The van der Waals surface area contributed by atoms with Crippen molar-refractivity contribution in [2.24, 2.45) is 5.73 Å². The van der Waals surface area contributed by atoms with E-state index in [9.17, 15) is 4.79 Å². The third-order valence-electron chi connectivity index (χ3n) is 4.43. The summed E-state index contributed by atoms with van der Waals surface area (Å²) >= 11 is 0. The summed E-state index contributed by atoms with van der Waals surface area (Å²) in [6, 6.07) is 8.04. The number of ketones is 1. The maximum Gasteiger partial charge on any atom is 0.191 e. The van der Waals surface area contributed by atoms with E-state index in [1.54, 1.807) is 0 Å². The van der Waals surface area contributed by atoms with Gasteiger partial charge < -0.3 is 10.5 Å². The van der Waals surface area contributed by atoms with Crippen molar-refractivity contribution in [1.29, 1.82) is 0 Å². The van der Waals surface area contributed by atoms with Gasteiger partial charge in [0.1, 0.15) is 6.10 Å². The fourth-order valence-electron chi connectivity index (χ4n) is 3.04. The Morgan fingerprint density at radius 1 is 1.21 bits per heavy atom. The molecule has 3 nitrogen and oxygen atoms in total. The summed E-state index contributed by atoms with van der Waals surface area (Å²) in [5.74, 6) is 0.727. The number of hydrogen-bond donors (Lipinski definition) is 1. The highest BCUT2D eigenvalue weighted by Crippen LogP contribution is 2.38. The third-order valence-corrected chi connectivity index (χ3v) is 4.43. The lowest BCUT2D eigenvalue weighted by Crippen LogP contribution is -2.26. The van der Waals surface area contributed by atoms with Crippen LogP contribution in [-0.4, -0.2) is 24.5 Å². The van der Waals surface area contributed by atoms with E-state index in [1.807, 2.05) is 18.2 Å². The molecule has 0 aromatic heterocycles. The summed E-state index contributed by atoms with van der Waals surface area (Å²) in [7, 11) is 0. The van der Waals surface area contributed by atoms with Crippen LogP contribution in [0, 0.1) is 0 Å². The molecule has 3 heteroatoms. The molecule has 3 rings (SSSR count). The van der Waals surface area contributed by atoms with Gasteiger partial charge in [0.05, 0.1) is 6.10 Å². The Morgan fingerprint density at radius 2 is 2.00 bits per heavy atom. The highest BCUT2D eigenvalue weighted by atomic mass is 16.5. The van der Waals surface area contributed by atoms with Crippen molar-refractivity contribution in [2.45, 2.75) is 50.2 Å². The number of nitrogens with two attached hydrogens (primary N) is 1. The molecule has 2 aliphatic rings. The molecular weight excluding hydrogens is 238 g/mol. The van der Waals surface area contributed by atoms with Gasteiger partial charge >= 0.3 is 0 Å². The molecule has 1 aromatic rings. The first-order valence-corrected chi connectivity index (χ1v) is 7.28. The first-order valence-electron chi connectivity index (χ1n) is 7.28. The Bertz CT molecular complexity index is 468. The lowest BCUT2D eigenvalue weighted by Gasteiger charge is -2.28. The van der Waals surface area contributed by atoms with Crippen molar-refractivity contribution in [3.63, 3.8) is 0 Å². The Hall–Kier alpha value is -1.19. The van der Waals surface area contributed by atoms with Crippen molar-refractivity contribution in [1.82, 2.24) is 0 Å². The zero-order chi connectivity index (χ0) is 13.2. The minimum absolute atomic E-state index is 0.0600. The number of rotatable bonds is 4. The predicted octanol–water partition coefficient (Wildman–Crippen LogP) is 2.64. The number of carbonyl (C=O) groups is 1. The highest BCUT2D eigenvalue weighted by Gasteiger charge is 2.33. The van der Waals surface area contributed by atoms with Crippen LogP contribution in [0.15, 0.2) is 24.3 Å². The molecule has 102 valence electrons. The molecule has 1 saturated carbocycles. The molecule has 1 aliphatic heterocycles. The van der Waals surface area contributed by atoms with Crippen LogP contribution in [0.3, 0.4) is 0 Å². The van der Waals surface area contributed by atoms with Crippen molar-refractivity contribution in [3.8, 4) is 0 Å². The fourth-order valence-corrected chi connectivity index (χ4v) is 3.04. The SMILES string of the molecule is NCC1CCC(C(=O)c2ccccc2C2CCC2)O1. The molecule has 1 saturated heterocycles. The Labute approximate surface area is 114 Å². The van der Waals surface area contributed by atoms with E-state index in [-0.39, 0.29) is 18.0 Å². The molecule has 0 spiro atoms. The van der Waals surface area contributed by atoms with E-state index in [0.29, 0.717) is 12.5 Å². The average Bonchev–Trinajstić information content (AvgIpc) is 2.85. The van der Waals surface area contributed by atoms with Gasteiger partial charge in [-0.25, -0.2) is 0 Å². The van der Waals surface area contributed by atoms with Gasteiger partial charge in [-0.05, 0) is 37.2 Å². The largest absolute Gasteiger partial charge is 0.366 e. The summed E-state index contributed by atoms with van der Waals surface area (Å²) < 4.78 is 5.74. The fraction of sp³-hybridized carbons (Fsp3) is 0.562. The van der Waals surface area contributed by atoms with Gasteiger partial charge in [-0.1, -0.05) is 30.7 Å². The van der Waals surface area contributed by atoms with Gasteiger partial charge in [0.15, 0.2) is 5.78 Å². The van der Waals surface area contributed by atoms with Crippen LogP contribution in [0.4, 0.5) is 0 Å². The summed E-state index contributed by atoms with van der Waals surface area (Å²) in [4.78, 5) is 12.6. The van der Waals surface area contributed by atoms with Crippen LogP contribution in [0.25, 0.3) is 0 Å². The zero-order valence-electron chi connectivity index (χ0n) is 11.2. The standard InChI is InChI=1S/C16H21NO2/c17-10-12-8-9-15(19-12)16(18)14-7-2-1-6-13(14)11-4-3-5-11/h1-2,6-7,11-12,15H,3-5,8-10,17H2. The van der Waals surface area contributed by atoms with Gasteiger partial charge in [-0.3, -0.25) is 4.79 Å². The highest BCUT2D eigenvalue weighted by molar-refractivity contribution is 6.01. The number of benzene rings is 1. The predicted molar refractivity (Wildman–Crippen MR) is 74.3 cm³/mol. The summed E-state index contributed by atoms with van der Waals surface area (Å²) in [6.45, 7) is 0.508. The van der Waals surface area contributed by atoms with Crippen LogP contribution >= 0.6 is 0 Å². The van der Waals surface area contributed by atoms with Crippen molar-refractivity contribution in [2.75, 3.05) is 6.54 Å². The second kappa shape index (κ2) is 5.43. The Kier molecular flexibility index (Phi) is 3.67. The first kappa shape index (κ1) is 12.8.